The van der Waals surface area contributed by atoms with Gasteiger partial charge in [-0.05, 0) is 59.4 Å². The smallest absolute Gasteiger partial charge is 0.106 e. The Morgan fingerprint density at radius 1 is 0.606 bits per heavy atom. The molecule has 0 saturated carbocycles. The minimum absolute atomic E-state index is 0.595. The average molecular weight is 469 g/mol. The summed E-state index contributed by atoms with van der Waals surface area (Å²) in [6.07, 6.45) is 5.19. The van der Waals surface area contributed by atoms with Gasteiger partial charge in [0, 0.05) is 49.6 Å². The van der Waals surface area contributed by atoms with Crippen molar-refractivity contribution in [1.82, 2.24) is 0 Å². The standard InChI is InChI=1S/C28H28N3P2/c29-32-25-15-19-9-3-5-11-21(19)27-23(25)17-31(13-7-1-2-8-14-31)18-24-26(33-30)16-20-10-4-6-12-22(20)28(24)27/h3-6,9-12,15-16,29-30H,1-2,7-8,13-14,17-18H2/q+1. The van der Waals surface area contributed by atoms with Crippen LogP contribution in [0.5, 0.6) is 0 Å². The average Bonchev–Trinajstić information content (AvgIpc) is 3.17. The van der Waals surface area contributed by atoms with Crippen LogP contribution in [0.1, 0.15) is 36.8 Å². The van der Waals surface area contributed by atoms with Gasteiger partial charge in [0.15, 0.2) is 0 Å². The monoisotopic (exact) mass is 468 g/mol. The van der Waals surface area contributed by atoms with E-state index in [1.165, 1.54) is 82.6 Å². The molecule has 4 aromatic carbocycles. The summed E-state index contributed by atoms with van der Waals surface area (Å²) in [7, 11) is 1.19. The number of benzene rings is 4. The van der Waals surface area contributed by atoms with Crippen LogP contribution in [0.3, 0.4) is 0 Å². The highest BCUT2D eigenvalue weighted by Crippen LogP contribution is 2.44. The second kappa shape index (κ2) is 8.41. The van der Waals surface area contributed by atoms with E-state index in [9.17, 15) is 0 Å². The van der Waals surface area contributed by atoms with E-state index in [4.69, 9.17) is 10.3 Å². The molecule has 1 saturated heterocycles. The lowest BCUT2D eigenvalue weighted by Crippen LogP contribution is -2.47. The van der Waals surface area contributed by atoms with Crippen LogP contribution in [-0.2, 0) is 13.1 Å². The molecule has 0 amide bonds. The van der Waals surface area contributed by atoms with Gasteiger partial charge in [-0.1, -0.05) is 48.5 Å². The second-order valence-corrected chi connectivity index (χ2v) is 11.1. The molecule has 0 atom stereocenters. The summed E-state index contributed by atoms with van der Waals surface area (Å²) in [4.78, 5) is 0. The molecule has 3 nitrogen and oxygen atoms in total. The van der Waals surface area contributed by atoms with Crippen molar-refractivity contribution in [3.63, 3.8) is 0 Å². The van der Waals surface area contributed by atoms with Gasteiger partial charge in [0.2, 0.25) is 0 Å². The van der Waals surface area contributed by atoms with E-state index in [-0.39, 0.29) is 0 Å². The lowest BCUT2D eigenvalue weighted by molar-refractivity contribution is -0.952. The van der Waals surface area contributed by atoms with Crippen LogP contribution < -0.4 is 10.6 Å². The Morgan fingerprint density at radius 2 is 1.06 bits per heavy atom. The Hall–Kier alpha value is -2.44. The Labute approximate surface area is 198 Å². The van der Waals surface area contributed by atoms with Crippen LogP contribution in [0.25, 0.3) is 32.7 Å². The van der Waals surface area contributed by atoms with Crippen LogP contribution in [-0.4, -0.2) is 17.6 Å². The van der Waals surface area contributed by atoms with E-state index in [2.05, 4.69) is 60.7 Å². The van der Waals surface area contributed by atoms with Crippen molar-refractivity contribution in [3.8, 4) is 11.1 Å². The molecule has 0 bridgehead atoms. The molecule has 1 spiro atoms. The van der Waals surface area contributed by atoms with Crippen molar-refractivity contribution in [1.29, 1.82) is 10.3 Å². The fraction of sp³-hybridized carbons (Fsp3) is 0.286. The summed E-state index contributed by atoms with van der Waals surface area (Å²) < 4.78 is 1.07. The first-order valence-corrected chi connectivity index (χ1v) is 13.7. The SMILES string of the molecule is N=Pc1cc2ccccc2c2c1C[N+]1(CCCCCC1)Cc1c(P=N)cc3ccccc3c1-2. The predicted octanol–water partition coefficient (Wildman–Crippen LogP) is 7.73. The molecule has 0 aliphatic carbocycles. The fourth-order valence-electron chi connectivity index (χ4n) is 6.24. The zero-order chi connectivity index (χ0) is 22.4. The predicted molar refractivity (Wildman–Crippen MR) is 141 cm³/mol. The number of rotatable bonds is 2. The van der Waals surface area contributed by atoms with Gasteiger partial charge < -0.3 is 4.48 Å². The minimum Gasteiger partial charge on any atom is -0.316 e. The van der Waals surface area contributed by atoms with E-state index in [1.54, 1.807) is 0 Å². The van der Waals surface area contributed by atoms with Crippen molar-refractivity contribution < 1.29 is 4.48 Å². The molecule has 0 unspecified atom stereocenters. The Bertz CT molecular complexity index is 1320. The highest BCUT2D eigenvalue weighted by Gasteiger charge is 2.37. The maximum absolute atomic E-state index is 8.44. The molecule has 164 valence electrons. The fourth-order valence-corrected chi connectivity index (χ4v) is 7.29. The third-order valence-electron chi connectivity index (χ3n) is 7.76. The van der Waals surface area contributed by atoms with Crippen LogP contribution >= 0.6 is 16.7 Å². The van der Waals surface area contributed by atoms with E-state index in [1.807, 2.05) is 0 Å². The van der Waals surface area contributed by atoms with Gasteiger partial charge in [0.05, 0.1) is 13.1 Å². The molecule has 0 aromatic heterocycles. The molecule has 2 N–H and O–H groups in total. The van der Waals surface area contributed by atoms with Gasteiger partial charge >= 0.3 is 0 Å². The van der Waals surface area contributed by atoms with Crippen LogP contribution in [0.4, 0.5) is 0 Å². The molecule has 6 rings (SSSR count). The molecular weight excluding hydrogens is 440 g/mol. The Morgan fingerprint density at radius 3 is 1.52 bits per heavy atom. The number of nitrogens with zero attached hydrogens (tertiary/aromatic N) is 1. The lowest BCUT2D eigenvalue weighted by atomic mass is 9.88. The number of quaternary nitrogens is 1. The van der Waals surface area contributed by atoms with Gasteiger partial charge in [0.25, 0.3) is 0 Å². The normalized spacial score (nSPS) is 17.7. The number of nitrogens with one attached hydrogen (secondary N) is 2. The molecule has 1 fully saturated rings. The summed E-state index contributed by atoms with van der Waals surface area (Å²) in [5, 5.41) is 24.2. The van der Waals surface area contributed by atoms with E-state index in [0.717, 1.165) is 28.2 Å². The highest BCUT2D eigenvalue weighted by molar-refractivity contribution is 7.35. The Balaban J connectivity index is 1.81. The number of fused-ring (bicyclic) bond motifs is 7. The van der Waals surface area contributed by atoms with Crippen LogP contribution in [0.15, 0.2) is 60.7 Å². The summed E-state index contributed by atoms with van der Waals surface area (Å²) in [5.41, 5.74) is 5.41. The molecule has 2 aliphatic rings. The van der Waals surface area contributed by atoms with Gasteiger partial charge in [-0.2, -0.15) is 0 Å². The van der Waals surface area contributed by atoms with Crippen LogP contribution in [0.2, 0.25) is 0 Å². The van der Waals surface area contributed by atoms with Gasteiger partial charge in [0.1, 0.15) is 13.1 Å². The number of hydrogen-bond donors (Lipinski definition) is 2. The molecule has 5 heteroatoms. The van der Waals surface area contributed by atoms with Crippen molar-refractivity contribution in [2.45, 2.75) is 38.8 Å². The third kappa shape index (κ3) is 3.46. The first-order chi connectivity index (χ1) is 16.2. The first-order valence-electron chi connectivity index (χ1n) is 11.9. The maximum Gasteiger partial charge on any atom is 0.106 e. The topological polar surface area (TPSA) is 47.7 Å². The molecule has 33 heavy (non-hydrogen) atoms. The molecule has 4 aromatic rings. The largest absolute Gasteiger partial charge is 0.316 e. The molecule has 2 aliphatic heterocycles. The highest BCUT2D eigenvalue weighted by atomic mass is 31.1. The van der Waals surface area contributed by atoms with Crippen molar-refractivity contribution in [2.75, 3.05) is 13.1 Å². The summed E-state index contributed by atoms with van der Waals surface area (Å²) in [6, 6.07) is 22.0. The van der Waals surface area contributed by atoms with E-state index >= 15 is 0 Å². The third-order valence-corrected chi connectivity index (χ3v) is 9.04. The lowest BCUT2D eigenvalue weighted by Gasteiger charge is -2.38. The molecular formula is C28H28N3P2+. The number of hydrogen-bond acceptors (Lipinski definition) is 2. The summed E-state index contributed by atoms with van der Waals surface area (Å²) in [5.74, 6) is 0. The van der Waals surface area contributed by atoms with Crippen molar-refractivity contribution >= 4 is 48.9 Å². The van der Waals surface area contributed by atoms with E-state index < -0.39 is 0 Å². The van der Waals surface area contributed by atoms with E-state index in [0.29, 0.717) is 16.7 Å². The molecule has 2 heterocycles. The quantitative estimate of drug-likeness (QED) is 0.223. The molecule has 0 radical (unpaired) electrons. The van der Waals surface area contributed by atoms with Crippen molar-refractivity contribution in [3.05, 3.63) is 71.8 Å². The second-order valence-electron chi connectivity index (χ2n) is 9.68. The zero-order valence-electron chi connectivity index (χ0n) is 18.8. The summed E-state index contributed by atoms with van der Waals surface area (Å²) in [6.45, 7) is 4.39. The summed E-state index contributed by atoms with van der Waals surface area (Å²) >= 11 is 0. The van der Waals surface area contributed by atoms with Crippen molar-refractivity contribution in [2.24, 2.45) is 0 Å². The van der Waals surface area contributed by atoms with Crippen LogP contribution in [0, 0.1) is 10.3 Å². The van der Waals surface area contributed by atoms with Gasteiger partial charge in [-0.25, -0.2) is 0 Å². The maximum atomic E-state index is 8.44. The Kier molecular flexibility index (Phi) is 5.38. The zero-order valence-corrected chi connectivity index (χ0v) is 20.6. The first kappa shape index (κ1) is 21.1. The van der Waals surface area contributed by atoms with Gasteiger partial charge in [-0.15, -0.1) is 0 Å². The minimum atomic E-state index is 0.595. The van der Waals surface area contributed by atoms with Gasteiger partial charge in [-0.3, -0.25) is 10.3 Å².